The summed E-state index contributed by atoms with van der Waals surface area (Å²) < 4.78 is 21.9. The van der Waals surface area contributed by atoms with Crippen molar-refractivity contribution >= 4 is 17.9 Å². The van der Waals surface area contributed by atoms with Crippen molar-refractivity contribution in [1.82, 2.24) is 15.1 Å². The monoisotopic (exact) mass is 742 g/mol. The summed E-state index contributed by atoms with van der Waals surface area (Å²) in [6.45, 7) is 24.8. The van der Waals surface area contributed by atoms with Crippen molar-refractivity contribution < 1.29 is 33.3 Å². The Hall–Kier alpha value is -1.91. The molecular weight excluding hydrogens is 658 g/mol. The fraction of sp³-hybridized carbons (Fsp3) is 0.929. The Bertz CT molecular complexity index is 882. The van der Waals surface area contributed by atoms with Gasteiger partial charge in [0.2, 0.25) is 11.8 Å². The van der Waals surface area contributed by atoms with Crippen LogP contribution in [-0.4, -0.2) is 104 Å². The van der Waals surface area contributed by atoms with Crippen LogP contribution in [0.5, 0.6) is 0 Å². The molecule has 0 saturated carbocycles. The Balaban J connectivity index is 0.000000890. The minimum Gasteiger partial charge on any atom is -0.447 e. The van der Waals surface area contributed by atoms with Gasteiger partial charge in [-0.1, -0.05) is 65.2 Å². The van der Waals surface area contributed by atoms with E-state index in [1.807, 2.05) is 27.7 Å². The van der Waals surface area contributed by atoms with E-state index in [2.05, 4.69) is 51.8 Å². The van der Waals surface area contributed by atoms with Crippen molar-refractivity contribution in [3.05, 3.63) is 0 Å². The van der Waals surface area contributed by atoms with Crippen LogP contribution < -0.4 is 5.32 Å². The number of unbranched alkanes of at least 4 members (excludes halogenated alkanes) is 9. The second-order valence-electron chi connectivity index (χ2n) is 15.5. The van der Waals surface area contributed by atoms with E-state index in [1.54, 1.807) is 0 Å². The average molecular weight is 742 g/mol. The molecule has 2 heterocycles. The first kappa shape index (κ1) is 50.1. The van der Waals surface area contributed by atoms with Gasteiger partial charge in [-0.3, -0.25) is 14.5 Å². The molecule has 0 bridgehead atoms. The third kappa shape index (κ3) is 26.8. The summed E-state index contributed by atoms with van der Waals surface area (Å²) in [7, 11) is 0. The summed E-state index contributed by atoms with van der Waals surface area (Å²) in [5.41, 5.74) is 0. The van der Waals surface area contributed by atoms with Gasteiger partial charge in [-0.25, -0.2) is 4.79 Å². The Kier molecular flexibility index (Phi) is 31.3. The maximum absolute atomic E-state index is 12.4. The van der Waals surface area contributed by atoms with Crippen LogP contribution in [0.25, 0.3) is 0 Å². The number of nitrogens with zero attached hydrogens (tertiary/aromatic N) is 2. The number of carbonyl (C=O) groups excluding carboxylic acids is 3. The molecule has 0 aromatic heterocycles. The average Bonchev–Trinajstić information content (AvgIpc) is 3.77. The lowest BCUT2D eigenvalue weighted by Crippen LogP contribution is -2.46. The van der Waals surface area contributed by atoms with E-state index in [0.29, 0.717) is 57.2 Å². The van der Waals surface area contributed by atoms with Gasteiger partial charge in [-0.15, -0.1) is 0 Å². The minimum atomic E-state index is -0.391. The van der Waals surface area contributed by atoms with E-state index in [-0.39, 0.29) is 24.2 Å². The molecule has 2 aliphatic rings. The number of amides is 3. The van der Waals surface area contributed by atoms with Gasteiger partial charge in [0, 0.05) is 39.3 Å². The van der Waals surface area contributed by atoms with Crippen molar-refractivity contribution in [3.8, 4) is 0 Å². The zero-order chi connectivity index (χ0) is 39.1. The Morgan fingerprint density at radius 2 is 1.13 bits per heavy atom. The molecule has 2 saturated heterocycles. The SMILES string of the molecule is CC(C)OCCCCCCCCCC(=O)N1CCCC1COC(C)C.CC(C)OCCCCNC(=O)C1CCCN1C(=O)OC(C)C.CCCCC. The van der Waals surface area contributed by atoms with Crippen molar-refractivity contribution in [2.45, 2.75) is 215 Å². The van der Waals surface area contributed by atoms with Crippen LogP contribution in [0.15, 0.2) is 0 Å². The van der Waals surface area contributed by atoms with E-state index < -0.39 is 12.1 Å². The van der Waals surface area contributed by atoms with Crippen molar-refractivity contribution in [2.75, 3.05) is 39.5 Å². The number of hydrogen-bond donors (Lipinski definition) is 1. The second kappa shape index (κ2) is 32.5. The van der Waals surface area contributed by atoms with Gasteiger partial charge < -0.3 is 29.2 Å². The highest BCUT2D eigenvalue weighted by Gasteiger charge is 2.35. The molecule has 2 unspecified atom stereocenters. The summed E-state index contributed by atoms with van der Waals surface area (Å²) in [6, 6.07) is -0.0823. The smallest absolute Gasteiger partial charge is 0.410 e. The highest BCUT2D eigenvalue weighted by Crippen LogP contribution is 2.21. The second-order valence-corrected chi connectivity index (χ2v) is 15.5. The predicted molar refractivity (Wildman–Crippen MR) is 214 cm³/mol. The molecular formula is C42H83N3O7. The van der Waals surface area contributed by atoms with Gasteiger partial charge in [0.05, 0.1) is 37.1 Å². The third-order valence-corrected chi connectivity index (χ3v) is 8.96. The predicted octanol–water partition coefficient (Wildman–Crippen LogP) is 9.46. The van der Waals surface area contributed by atoms with Gasteiger partial charge in [0.15, 0.2) is 0 Å². The molecule has 2 atom stereocenters. The van der Waals surface area contributed by atoms with Crippen molar-refractivity contribution in [2.24, 2.45) is 0 Å². The maximum atomic E-state index is 12.4. The lowest BCUT2D eigenvalue weighted by molar-refractivity contribution is -0.133. The van der Waals surface area contributed by atoms with Crippen LogP contribution >= 0.6 is 0 Å². The molecule has 2 rings (SSSR count). The highest BCUT2D eigenvalue weighted by atomic mass is 16.6. The standard InChI is InChI=1S/C21H41NO3.C16H30N2O4.C5H12/c1-18(2)24-16-11-9-7-5-6-8-10-14-21(23)22-15-12-13-20(22)17-25-19(3)4;1-12(2)21-11-6-5-9-17-15(19)14-8-7-10-18(14)16(20)22-13(3)4;1-3-5-4-2/h18-20H,5-17H2,1-4H3;12-14H,5-11H2,1-4H3,(H,17,19);3-5H2,1-2H3. The van der Waals surface area contributed by atoms with E-state index in [4.69, 9.17) is 18.9 Å². The minimum absolute atomic E-state index is 0.0806. The molecule has 1 N–H and O–H groups in total. The lowest BCUT2D eigenvalue weighted by Gasteiger charge is -2.25. The van der Waals surface area contributed by atoms with Gasteiger partial charge >= 0.3 is 6.09 Å². The molecule has 2 fully saturated rings. The maximum Gasteiger partial charge on any atom is 0.410 e. The summed E-state index contributed by atoms with van der Waals surface area (Å²) >= 11 is 0. The van der Waals surface area contributed by atoms with Crippen LogP contribution in [-0.2, 0) is 28.5 Å². The fourth-order valence-corrected chi connectivity index (χ4v) is 6.12. The zero-order valence-electron chi connectivity index (χ0n) is 35.5. The van der Waals surface area contributed by atoms with Crippen LogP contribution in [0.1, 0.15) is 178 Å². The van der Waals surface area contributed by atoms with E-state index >= 15 is 0 Å². The van der Waals surface area contributed by atoms with E-state index in [1.165, 1.54) is 62.7 Å². The van der Waals surface area contributed by atoms with Gasteiger partial charge in [0.1, 0.15) is 6.04 Å². The highest BCUT2D eigenvalue weighted by molar-refractivity contribution is 5.86. The molecule has 0 aliphatic carbocycles. The quantitative estimate of drug-likeness (QED) is 0.0983. The van der Waals surface area contributed by atoms with Crippen LogP contribution in [0.2, 0.25) is 0 Å². The first-order valence-corrected chi connectivity index (χ1v) is 21.2. The van der Waals surface area contributed by atoms with E-state index in [0.717, 1.165) is 51.7 Å². The molecule has 0 aromatic carbocycles. The van der Waals surface area contributed by atoms with Crippen LogP contribution in [0.3, 0.4) is 0 Å². The Morgan fingerprint density at radius 1 is 0.615 bits per heavy atom. The third-order valence-electron chi connectivity index (χ3n) is 8.96. The zero-order valence-corrected chi connectivity index (χ0v) is 35.5. The first-order valence-electron chi connectivity index (χ1n) is 21.2. The van der Waals surface area contributed by atoms with Crippen LogP contribution in [0, 0.1) is 0 Å². The van der Waals surface area contributed by atoms with Crippen LogP contribution in [0.4, 0.5) is 4.79 Å². The number of carbonyl (C=O) groups is 3. The molecule has 10 nitrogen and oxygen atoms in total. The normalized spacial score (nSPS) is 17.0. The number of rotatable bonds is 24. The Morgan fingerprint density at radius 3 is 1.67 bits per heavy atom. The summed E-state index contributed by atoms with van der Waals surface area (Å²) in [5, 5.41) is 2.91. The number of likely N-dealkylation sites (tertiary alicyclic amines) is 2. The first-order chi connectivity index (χ1) is 24.8. The molecule has 308 valence electrons. The molecule has 10 heteroatoms. The molecule has 0 aromatic rings. The molecule has 3 amide bonds. The largest absolute Gasteiger partial charge is 0.447 e. The fourth-order valence-electron chi connectivity index (χ4n) is 6.12. The molecule has 52 heavy (non-hydrogen) atoms. The van der Waals surface area contributed by atoms with Crippen molar-refractivity contribution in [1.29, 1.82) is 0 Å². The topological polar surface area (TPSA) is 107 Å². The van der Waals surface area contributed by atoms with Crippen molar-refractivity contribution in [3.63, 3.8) is 0 Å². The summed E-state index contributed by atoms with van der Waals surface area (Å²) in [4.78, 5) is 40.2. The van der Waals surface area contributed by atoms with Gasteiger partial charge in [0.25, 0.3) is 0 Å². The number of hydrogen-bond acceptors (Lipinski definition) is 7. The number of ether oxygens (including phenoxy) is 4. The lowest BCUT2D eigenvalue weighted by atomic mass is 10.1. The molecule has 0 radical (unpaired) electrons. The van der Waals surface area contributed by atoms with Gasteiger partial charge in [-0.2, -0.15) is 0 Å². The molecule has 2 aliphatic heterocycles. The summed E-state index contributed by atoms with van der Waals surface area (Å²) in [6.07, 6.45) is 19.1. The number of nitrogens with one attached hydrogen (secondary N) is 1. The summed E-state index contributed by atoms with van der Waals surface area (Å²) in [5.74, 6) is 0.253. The van der Waals surface area contributed by atoms with E-state index in [9.17, 15) is 14.4 Å². The molecule has 0 spiro atoms. The van der Waals surface area contributed by atoms with Gasteiger partial charge in [-0.05, 0) is 107 Å². The Labute approximate surface area is 320 Å².